The predicted molar refractivity (Wildman–Crippen MR) is 123 cm³/mol. The molecule has 1 heterocycles. The Labute approximate surface area is 178 Å². The van der Waals surface area contributed by atoms with Gasteiger partial charge in [-0.05, 0) is 67.5 Å². The Morgan fingerprint density at radius 2 is 1.86 bits per heavy atom. The smallest absolute Gasteiger partial charge is 0.266 e. The molecule has 0 radical (unpaired) electrons. The first-order valence-electron chi connectivity index (χ1n) is 10.2. The topological polar surface area (TPSA) is 41.9 Å². The van der Waals surface area contributed by atoms with Gasteiger partial charge in [-0.15, -0.1) is 0 Å². The highest BCUT2D eigenvalue weighted by atomic mass is 32.2. The molecule has 1 saturated heterocycles. The van der Waals surface area contributed by atoms with Gasteiger partial charge in [0.15, 0.2) is 11.8 Å². The minimum atomic E-state index is -0.0440. The Bertz CT molecular complexity index is 921. The Morgan fingerprint density at radius 1 is 1.14 bits per heavy atom. The van der Waals surface area contributed by atoms with Gasteiger partial charge in [0.25, 0.3) is 5.91 Å². The number of carbonyl (C=O) groups excluding carboxylic acids is 1. The zero-order valence-electron chi connectivity index (χ0n) is 18.0. The fraction of sp³-hybridized carbons (Fsp3) is 0.417. The van der Waals surface area contributed by atoms with Crippen molar-refractivity contribution in [2.24, 2.45) is 4.99 Å². The summed E-state index contributed by atoms with van der Waals surface area (Å²) >= 11 is 1.64. The van der Waals surface area contributed by atoms with Crippen molar-refractivity contribution in [3.8, 4) is 5.75 Å². The molecule has 3 rings (SSSR count). The number of carbonyl (C=O) groups is 1. The van der Waals surface area contributed by atoms with E-state index >= 15 is 0 Å². The molecule has 0 N–H and O–H groups in total. The number of hydrogen-bond acceptors (Lipinski definition) is 4. The maximum atomic E-state index is 13.0. The zero-order valence-corrected chi connectivity index (χ0v) is 18.8. The van der Waals surface area contributed by atoms with Crippen LogP contribution in [0.2, 0.25) is 0 Å². The van der Waals surface area contributed by atoms with Crippen molar-refractivity contribution in [3.05, 3.63) is 58.7 Å². The van der Waals surface area contributed by atoms with Crippen LogP contribution in [0.5, 0.6) is 5.75 Å². The number of thioether (sulfide) groups is 1. The molecule has 154 valence electrons. The van der Waals surface area contributed by atoms with Crippen molar-refractivity contribution < 1.29 is 9.53 Å². The van der Waals surface area contributed by atoms with E-state index in [2.05, 4.69) is 51.1 Å². The van der Waals surface area contributed by atoms with E-state index in [1.54, 1.807) is 16.7 Å². The van der Waals surface area contributed by atoms with Gasteiger partial charge < -0.3 is 4.74 Å². The normalized spacial score (nSPS) is 15.8. The van der Waals surface area contributed by atoms with Crippen LogP contribution in [0.25, 0.3) is 0 Å². The van der Waals surface area contributed by atoms with Gasteiger partial charge in [0.1, 0.15) is 5.75 Å². The van der Waals surface area contributed by atoms with Crippen LogP contribution in [-0.2, 0) is 4.79 Å². The fourth-order valence-corrected chi connectivity index (χ4v) is 4.26. The third-order valence-corrected chi connectivity index (χ3v) is 6.07. The second-order valence-corrected chi connectivity index (χ2v) is 8.98. The van der Waals surface area contributed by atoms with E-state index in [-0.39, 0.29) is 12.5 Å². The standard InChI is InChI=1S/C24H30N2O2S/c1-16(2)20-10-8-18(4)14-22(20)28-15-23(27)26-11-6-12-29-24(26)25-21-13-17(3)7-9-19(21)5/h7-10,13-14,16H,6,11-12,15H2,1-5H3. The molecule has 5 heteroatoms. The quantitative estimate of drug-likeness (QED) is 0.629. The highest BCUT2D eigenvalue weighted by Crippen LogP contribution is 2.29. The van der Waals surface area contributed by atoms with Crippen LogP contribution < -0.4 is 4.74 Å². The van der Waals surface area contributed by atoms with E-state index in [1.165, 1.54) is 0 Å². The summed E-state index contributed by atoms with van der Waals surface area (Å²) in [4.78, 5) is 19.6. The second-order valence-electron chi connectivity index (χ2n) is 7.92. The van der Waals surface area contributed by atoms with Gasteiger partial charge in [-0.1, -0.05) is 49.9 Å². The van der Waals surface area contributed by atoms with Crippen LogP contribution in [0.1, 0.15) is 48.4 Å². The number of benzene rings is 2. The highest BCUT2D eigenvalue weighted by Gasteiger charge is 2.24. The molecular weight excluding hydrogens is 380 g/mol. The van der Waals surface area contributed by atoms with Crippen molar-refractivity contribution in [2.45, 2.75) is 47.0 Å². The summed E-state index contributed by atoms with van der Waals surface area (Å²) in [6, 6.07) is 12.4. The summed E-state index contributed by atoms with van der Waals surface area (Å²) in [5.74, 6) is 2.07. The van der Waals surface area contributed by atoms with Crippen LogP contribution in [0.15, 0.2) is 41.4 Å². The first-order chi connectivity index (χ1) is 13.8. The molecule has 1 amide bonds. The molecule has 2 aromatic carbocycles. The number of amidine groups is 1. The van der Waals surface area contributed by atoms with E-state index in [9.17, 15) is 4.79 Å². The number of nitrogens with zero attached hydrogens (tertiary/aromatic N) is 2. The molecule has 4 nitrogen and oxygen atoms in total. The molecule has 0 aromatic heterocycles. The molecule has 29 heavy (non-hydrogen) atoms. The monoisotopic (exact) mass is 410 g/mol. The lowest BCUT2D eigenvalue weighted by atomic mass is 10.0. The van der Waals surface area contributed by atoms with Gasteiger partial charge in [0.2, 0.25) is 0 Å². The van der Waals surface area contributed by atoms with Crippen LogP contribution in [0, 0.1) is 20.8 Å². The fourth-order valence-electron chi connectivity index (χ4n) is 3.29. The SMILES string of the molecule is Cc1ccc(C)c(N=C2SCCCN2C(=O)COc2cc(C)ccc2C(C)C)c1. The molecule has 0 spiro atoms. The summed E-state index contributed by atoms with van der Waals surface area (Å²) in [6.45, 7) is 11.1. The second kappa shape index (κ2) is 9.49. The molecule has 2 aromatic rings. The maximum absolute atomic E-state index is 13.0. The van der Waals surface area contributed by atoms with Gasteiger partial charge in [-0.25, -0.2) is 4.99 Å². The number of aryl methyl sites for hydroxylation is 3. The lowest BCUT2D eigenvalue weighted by molar-refractivity contribution is -0.129. The molecule has 0 atom stereocenters. The van der Waals surface area contributed by atoms with Crippen LogP contribution in [0.4, 0.5) is 5.69 Å². The Morgan fingerprint density at radius 3 is 2.62 bits per heavy atom. The Balaban J connectivity index is 1.78. The predicted octanol–water partition coefficient (Wildman–Crippen LogP) is 5.77. The largest absolute Gasteiger partial charge is 0.483 e. The van der Waals surface area contributed by atoms with E-state index in [0.29, 0.717) is 12.5 Å². The van der Waals surface area contributed by atoms with Gasteiger partial charge in [-0.3, -0.25) is 9.69 Å². The molecule has 0 unspecified atom stereocenters. The number of rotatable bonds is 5. The van der Waals surface area contributed by atoms with Gasteiger partial charge >= 0.3 is 0 Å². The van der Waals surface area contributed by atoms with E-state index < -0.39 is 0 Å². The molecule has 1 fully saturated rings. The van der Waals surface area contributed by atoms with Crippen molar-refractivity contribution in [3.63, 3.8) is 0 Å². The molecule has 0 bridgehead atoms. The Hall–Kier alpha value is -2.27. The molecule has 0 saturated carbocycles. The lowest BCUT2D eigenvalue weighted by Gasteiger charge is -2.28. The van der Waals surface area contributed by atoms with Crippen molar-refractivity contribution in [1.82, 2.24) is 4.90 Å². The van der Waals surface area contributed by atoms with E-state index in [4.69, 9.17) is 9.73 Å². The van der Waals surface area contributed by atoms with Crippen LogP contribution >= 0.6 is 11.8 Å². The summed E-state index contributed by atoms with van der Waals surface area (Å²) in [5, 5.41) is 0.770. The zero-order chi connectivity index (χ0) is 21.0. The third-order valence-electron chi connectivity index (χ3n) is 5.01. The number of hydrogen-bond donors (Lipinski definition) is 0. The van der Waals surface area contributed by atoms with Gasteiger partial charge in [0.05, 0.1) is 5.69 Å². The molecule has 0 aliphatic carbocycles. The van der Waals surface area contributed by atoms with Crippen molar-refractivity contribution in [1.29, 1.82) is 0 Å². The van der Waals surface area contributed by atoms with Crippen molar-refractivity contribution in [2.75, 3.05) is 18.9 Å². The van der Waals surface area contributed by atoms with Crippen LogP contribution in [-0.4, -0.2) is 34.9 Å². The van der Waals surface area contributed by atoms with E-state index in [1.807, 2.05) is 19.9 Å². The number of amides is 1. The molecular formula is C24H30N2O2S. The van der Waals surface area contributed by atoms with E-state index in [0.717, 1.165) is 51.0 Å². The van der Waals surface area contributed by atoms with Crippen molar-refractivity contribution >= 4 is 28.5 Å². The van der Waals surface area contributed by atoms with Gasteiger partial charge in [-0.2, -0.15) is 0 Å². The summed E-state index contributed by atoms with van der Waals surface area (Å²) in [6.07, 6.45) is 0.962. The van der Waals surface area contributed by atoms with Crippen LogP contribution in [0.3, 0.4) is 0 Å². The third kappa shape index (κ3) is 5.41. The van der Waals surface area contributed by atoms with Gasteiger partial charge in [0, 0.05) is 12.3 Å². The average molecular weight is 411 g/mol. The lowest BCUT2D eigenvalue weighted by Crippen LogP contribution is -2.41. The first-order valence-corrected chi connectivity index (χ1v) is 11.2. The molecule has 1 aliphatic heterocycles. The molecule has 1 aliphatic rings. The summed E-state index contributed by atoms with van der Waals surface area (Å²) in [5.41, 5.74) is 5.45. The first kappa shape index (κ1) is 21.4. The summed E-state index contributed by atoms with van der Waals surface area (Å²) < 4.78 is 5.98. The highest BCUT2D eigenvalue weighted by molar-refractivity contribution is 8.13. The number of ether oxygens (including phenoxy) is 1. The average Bonchev–Trinajstić information content (AvgIpc) is 2.69. The maximum Gasteiger partial charge on any atom is 0.266 e. The summed E-state index contributed by atoms with van der Waals surface area (Å²) in [7, 11) is 0. The minimum absolute atomic E-state index is 0.0234. The number of aliphatic imine (C=N–C) groups is 1. The minimum Gasteiger partial charge on any atom is -0.483 e. The Kier molecular flexibility index (Phi) is 7.01.